The minimum absolute atomic E-state index is 0.624. The zero-order chi connectivity index (χ0) is 12.0. The average molecular weight is 261 g/mol. The third-order valence-corrected chi connectivity index (χ3v) is 3.25. The molecule has 0 spiro atoms. The van der Waals surface area contributed by atoms with E-state index in [-0.39, 0.29) is 0 Å². The summed E-state index contributed by atoms with van der Waals surface area (Å²) in [4.78, 5) is 2.22. The van der Waals surface area contributed by atoms with Gasteiger partial charge in [0.1, 0.15) is 0 Å². The van der Waals surface area contributed by atoms with Gasteiger partial charge >= 0.3 is 0 Å². The number of halogens is 2. The summed E-state index contributed by atoms with van der Waals surface area (Å²) < 4.78 is 0. The van der Waals surface area contributed by atoms with E-state index in [2.05, 4.69) is 24.2 Å². The minimum Gasteiger partial charge on any atom is -0.316 e. The summed E-state index contributed by atoms with van der Waals surface area (Å²) in [5.74, 6) is 0. The molecule has 90 valence electrons. The summed E-state index contributed by atoms with van der Waals surface area (Å²) in [7, 11) is 2.08. The summed E-state index contributed by atoms with van der Waals surface area (Å²) >= 11 is 12.1. The van der Waals surface area contributed by atoms with Gasteiger partial charge in [0.15, 0.2) is 0 Å². The van der Waals surface area contributed by atoms with Crippen molar-refractivity contribution >= 4 is 23.2 Å². The van der Waals surface area contributed by atoms with Crippen LogP contribution in [0.2, 0.25) is 10.0 Å². The molecule has 0 saturated heterocycles. The first-order valence-corrected chi connectivity index (χ1v) is 6.23. The normalized spacial score (nSPS) is 11.1. The van der Waals surface area contributed by atoms with Gasteiger partial charge in [0.05, 0.1) is 10.0 Å². The van der Waals surface area contributed by atoms with Crippen LogP contribution < -0.4 is 5.32 Å². The quantitative estimate of drug-likeness (QED) is 0.792. The Hall–Kier alpha value is -0.280. The highest BCUT2D eigenvalue weighted by atomic mass is 35.5. The first-order chi connectivity index (χ1) is 7.65. The van der Waals surface area contributed by atoms with Crippen molar-refractivity contribution in [2.75, 3.05) is 26.7 Å². The van der Waals surface area contributed by atoms with Crippen molar-refractivity contribution in [3.05, 3.63) is 33.8 Å². The number of likely N-dealkylation sites (N-methyl/N-ethyl adjacent to an activating group) is 2. The third kappa shape index (κ3) is 4.30. The number of rotatable bonds is 6. The van der Waals surface area contributed by atoms with Gasteiger partial charge < -0.3 is 10.2 Å². The monoisotopic (exact) mass is 260 g/mol. The predicted molar refractivity (Wildman–Crippen MR) is 71.3 cm³/mol. The molecule has 0 bridgehead atoms. The van der Waals surface area contributed by atoms with Crippen LogP contribution in [-0.2, 0) is 6.54 Å². The van der Waals surface area contributed by atoms with Crippen LogP contribution in [0.3, 0.4) is 0 Å². The van der Waals surface area contributed by atoms with Crippen molar-refractivity contribution in [3.8, 4) is 0 Å². The average Bonchev–Trinajstić information content (AvgIpc) is 2.25. The first kappa shape index (κ1) is 13.8. The molecular weight excluding hydrogens is 243 g/mol. The van der Waals surface area contributed by atoms with E-state index < -0.39 is 0 Å². The Labute approximate surface area is 108 Å². The summed E-state index contributed by atoms with van der Waals surface area (Å²) in [6, 6.07) is 5.76. The molecule has 0 radical (unpaired) electrons. The van der Waals surface area contributed by atoms with Gasteiger partial charge in [-0.2, -0.15) is 0 Å². The molecule has 0 fully saturated rings. The van der Waals surface area contributed by atoms with Crippen LogP contribution in [-0.4, -0.2) is 31.6 Å². The van der Waals surface area contributed by atoms with Crippen LogP contribution in [0.1, 0.15) is 12.5 Å². The molecule has 1 aromatic carbocycles. The molecule has 16 heavy (non-hydrogen) atoms. The maximum absolute atomic E-state index is 6.12. The van der Waals surface area contributed by atoms with Crippen molar-refractivity contribution in [1.82, 2.24) is 10.2 Å². The van der Waals surface area contributed by atoms with Gasteiger partial charge in [0.25, 0.3) is 0 Å². The fraction of sp³-hybridized carbons (Fsp3) is 0.500. The fourth-order valence-corrected chi connectivity index (χ4v) is 1.87. The molecule has 0 heterocycles. The molecule has 0 aliphatic carbocycles. The smallest absolute Gasteiger partial charge is 0.0637 e. The Kier molecular flexibility index (Phi) is 6.14. The SMILES string of the molecule is CCNCCN(C)Cc1cccc(Cl)c1Cl. The molecule has 0 amide bonds. The van der Waals surface area contributed by atoms with Crippen LogP contribution in [0.4, 0.5) is 0 Å². The number of benzene rings is 1. The predicted octanol–water partition coefficient (Wildman–Crippen LogP) is 3.03. The van der Waals surface area contributed by atoms with Crippen molar-refractivity contribution in [2.24, 2.45) is 0 Å². The van der Waals surface area contributed by atoms with E-state index >= 15 is 0 Å². The molecule has 0 atom stereocenters. The fourth-order valence-electron chi connectivity index (χ4n) is 1.49. The molecule has 1 aromatic rings. The van der Waals surface area contributed by atoms with Gasteiger partial charge in [-0.3, -0.25) is 0 Å². The van der Waals surface area contributed by atoms with Crippen LogP contribution >= 0.6 is 23.2 Å². The maximum Gasteiger partial charge on any atom is 0.0637 e. The summed E-state index contributed by atoms with van der Waals surface area (Å²) in [6.45, 7) is 5.92. The number of hydrogen-bond acceptors (Lipinski definition) is 2. The van der Waals surface area contributed by atoms with Crippen molar-refractivity contribution < 1.29 is 0 Å². The van der Waals surface area contributed by atoms with E-state index in [1.165, 1.54) is 0 Å². The van der Waals surface area contributed by atoms with Crippen LogP contribution in [0.5, 0.6) is 0 Å². The van der Waals surface area contributed by atoms with E-state index in [9.17, 15) is 0 Å². The van der Waals surface area contributed by atoms with E-state index in [0.29, 0.717) is 10.0 Å². The zero-order valence-electron chi connectivity index (χ0n) is 9.76. The van der Waals surface area contributed by atoms with Gasteiger partial charge in [0, 0.05) is 19.6 Å². The molecule has 0 saturated carbocycles. The highest BCUT2D eigenvalue weighted by Gasteiger charge is 2.06. The lowest BCUT2D eigenvalue weighted by atomic mass is 10.2. The van der Waals surface area contributed by atoms with E-state index in [0.717, 1.165) is 31.7 Å². The Bertz CT molecular complexity index is 329. The summed E-state index contributed by atoms with van der Waals surface area (Å²) in [5, 5.41) is 4.58. The lowest BCUT2D eigenvalue weighted by molar-refractivity contribution is 0.326. The molecule has 0 aromatic heterocycles. The van der Waals surface area contributed by atoms with Gasteiger partial charge in [-0.15, -0.1) is 0 Å². The van der Waals surface area contributed by atoms with E-state index in [1.807, 2.05) is 18.2 Å². The van der Waals surface area contributed by atoms with Crippen molar-refractivity contribution in [2.45, 2.75) is 13.5 Å². The Morgan fingerprint density at radius 2 is 2.06 bits per heavy atom. The Balaban J connectivity index is 2.49. The van der Waals surface area contributed by atoms with Gasteiger partial charge in [-0.25, -0.2) is 0 Å². The van der Waals surface area contributed by atoms with Gasteiger partial charge in [-0.1, -0.05) is 42.3 Å². The van der Waals surface area contributed by atoms with Crippen LogP contribution in [0, 0.1) is 0 Å². The first-order valence-electron chi connectivity index (χ1n) is 5.47. The number of hydrogen-bond donors (Lipinski definition) is 1. The molecule has 0 unspecified atom stereocenters. The van der Waals surface area contributed by atoms with Gasteiger partial charge in [-0.05, 0) is 25.2 Å². The molecular formula is C12H18Cl2N2. The number of nitrogens with one attached hydrogen (secondary N) is 1. The lowest BCUT2D eigenvalue weighted by Crippen LogP contribution is -2.28. The van der Waals surface area contributed by atoms with Crippen LogP contribution in [0.15, 0.2) is 18.2 Å². The Morgan fingerprint density at radius 1 is 1.31 bits per heavy atom. The molecule has 0 aliphatic heterocycles. The molecule has 1 rings (SSSR count). The standard InChI is InChI=1S/C12H18Cl2N2/c1-3-15-7-8-16(2)9-10-5-4-6-11(13)12(10)14/h4-6,15H,3,7-9H2,1-2H3. The highest BCUT2D eigenvalue weighted by molar-refractivity contribution is 6.42. The van der Waals surface area contributed by atoms with E-state index in [1.54, 1.807) is 0 Å². The second-order valence-corrected chi connectivity index (χ2v) is 4.59. The second kappa shape index (κ2) is 7.13. The summed E-state index contributed by atoms with van der Waals surface area (Å²) in [6.07, 6.45) is 0. The van der Waals surface area contributed by atoms with Crippen LogP contribution in [0.25, 0.3) is 0 Å². The molecule has 4 heteroatoms. The van der Waals surface area contributed by atoms with Crippen molar-refractivity contribution in [1.29, 1.82) is 0 Å². The Morgan fingerprint density at radius 3 is 2.75 bits per heavy atom. The molecule has 2 nitrogen and oxygen atoms in total. The zero-order valence-corrected chi connectivity index (χ0v) is 11.3. The topological polar surface area (TPSA) is 15.3 Å². The van der Waals surface area contributed by atoms with E-state index in [4.69, 9.17) is 23.2 Å². The lowest BCUT2D eigenvalue weighted by Gasteiger charge is -2.17. The summed E-state index contributed by atoms with van der Waals surface area (Å²) in [5.41, 5.74) is 1.08. The molecule has 1 N–H and O–H groups in total. The molecule has 0 aliphatic rings. The largest absolute Gasteiger partial charge is 0.316 e. The number of nitrogens with zero attached hydrogens (tertiary/aromatic N) is 1. The van der Waals surface area contributed by atoms with Crippen molar-refractivity contribution in [3.63, 3.8) is 0 Å². The minimum atomic E-state index is 0.624. The highest BCUT2D eigenvalue weighted by Crippen LogP contribution is 2.26. The maximum atomic E-state index is 6.12. The van der Waals surface area contributed by atoms with Gasteiger partial charge in [0.2, 0.25) is 0 Å². The second-order valence-electron chi connectivity index (χ2n) is 3.80. The third-order valence-electron chi connectivity index (χ3n) is 2.39.